The van der Waals surface area contributed by atoms with Crippen LogP contribution in [0.5, 0.6) is 0 Å². The first-order valence-corrected chi connectivity index (χ1v) is 6.90. The van der Waals surface area contributed by atoms with Crippen LogP contribution in [-0.2, 0) is 9.53 Å². The van der Waals surface area contributed by atoms with Crippen molar-refractivity contribution in [3.8, 4) is 0 Å². The summed E-state index contributed by atoms with van der Waals surface area (Å²) >= 11 is 3.39. The summed E-state index contributed by atoms with van der Waals surface area (Å²) in [6.07, 6.45) is 1.28. The van der Waals surface area contributed by atoms with E-state index in [0.29, 0.717) is 11.2 Å². The lowest BCUT2D eigenvalue weighted by molar-refractivity contribution is -0.139. The monoisotopic (exact) mass is 323 g/mol. The van der Waals surface area contributed by atoms with Gasteiger partial charge >= 0.3 is 12.1 Å². The minimum absolute atomic E-state index is 0.341. The van der Waals surface area contributed by atoms with Crippen molar-refractivity contribution in [2.24, 2.45) is 0 Å². The zero-order chi connectivity index (χ0) is 14.3. The molecule has 6 heteroatoms. The SMILES string of the molecule is CC(Br)CCC[C@H](NC(=O)OC(C)(C)C)C(=O)O. The van der Waals surface area contributed by atoms with Gasteiger partial charge in [0.25, 0.3) is 0 Å². The molecule has 18 heavy (non-hydrogen) atoms. The van der Waals surface area contributed by atoms with Crippen LogP contribution in [0, 0.1) is 0 Å². The Balaban J connectivity index is 4.19. The molecule has 0 saturated carbocycles. The molecule has 0 rings (SSSR count). The predicted molar refractivity (Wildman–Crippen MR) is 73.0 cm³/mol. The van der Waals surface area contributed by atoms with Crippen molar-refractivity contribution in [2.75, 3.05) is 0 Å². The third-order valence-corrected chi connectivity index (χ3v) is 2.54. The summed E-state index contributed by atoms with van der Waals surface area (Å²) < 4.78 is 5.02. The van der Waals surface area contributed by atoms with Crippen molar-refractivity contribution in [1.82, 2.24) is 5.32 Å². The lowest BCUT2D eigenvalue weighted by atomic mass is 10.1. The summed E-state index contributed by atoms with van der Waals surface area (Å²) in [5, 5.41) is 11.4. The molecule has 1 amide bonds. The van der Waals surface area contributed by atoms with Crippen LogP contribution >= 0.6 is 15.9 Å². The molecule has 1 unspecified atom stereocenters. The fourth-order valence-corrected chi connectivity index (χ4v) is 1.63. The van der Waals surface area contributed by atoms with Crippen molar-refractivity contribution < 1.29 is 19.4 Å². The number of halogens is 1. The predicted octanol–water partition coefficient (Wildman–Crippen LogP) is 2.92. The molecular formula is C12H22BrNO4. The van der Waals surface area contributed by atoms with Gasteiger partial charge in [-0.2, -0.15) is 0 Å². The highest BCUT2D eigenvalue weighted by Crippen LogP contribution is 2.11. The van der Waals surface area contributed by atoms with Crippen molar-refractivity contribution in [1.29, 1.82) is 0 Å². The number of hydrogen-bond donors (Lipinski definition) is 2. The van der Waals surface area contributed by atoms with Crippen LogP contribution in [0.1, 0.15) is 47.0 Å². The Kier molecular flexibility index (Phi) is 7.28. The van der Waals surface area contributed by atoms with Crippen LogP contribution < -0.4 is 5.32 Å². The van der Waals surface area contributed by atoms with E-state index in [1.54, 1.807) is 20.8 Å². The first-order chi connectivity index (χ1) is 8.11. The maximum atomic E-state index is 11.5. The van der Waals surface area contributed by atoms with Crippen LogP contribution in [0.15, 0.2) is 0 Å². The van der Waals surface area contributed by atoms with Gasteiger partial charge in [-0.3, -0.25) is 0 Å². The van der Waals surface area contributed by atoms with Gasteiger partial charge in [-0.15, -0.1) is 0 Å². The van der Waals surface area contributed by atoms with E-state index in [9.17, 15) is 9.59 Å². The Morgan fingerprint density at radius 3 is 2.28 bits per heavy atom. The summed E-state index contributed by atoms with van der Waals surface area (Å²) in [5.41, 5.74) is -0.627. The number of carboxylic acids is 1. The standard InChI is InChI=1S/C12H22BrNO4/c1-8(13)6-5-7-9(10(15)16)14-11(17)18-12(2,3)4/h8-9H,5-7H2,1-4H3,(H,14,17)(H,15,16)/t8?,9-/m0/s1. The fraction of sp³-hybridized carbons (Fsp3) is 0.833. The number of carboxylic acid groups (broad SMARTS) is 1. The summed E-state index contributed by atoms with van der Waals surface area (Å²) in [7, 11) is 0. The number of carbonyl (C=O) groups excluding carboxylic acids is 1. The molecule has 2 N–H and O–H groups in total. The van der Waals surface area contributed by atoms with Gasteiger partial charge in [0.05, 0.1) is 0 Å². The number of carbonyl (C=O) groups is 2. The van der Waals surface area contributed by atoms with Crippen molar-refractivity contribution in [2.45, 2.75) is 63.4 Å². The zero-order valence-electron chi connectivity index (χ0n) is 11.3. The first kappa shape index (κ1) is 17.2. The van der Waals surface area contributed by atoms with Gasteiger partial charge < -0.3 is 15.2 Å². The van der Waals surface area contributed by atoms with Gasteiger partial charge in [-0.25, -0.2) is 9.59 Å². The number of nitrogens with one attached hydrogen (secondary N) is 1. The van der Waals surface area contributed by atoms with Gasteiger partial charge in [0.1, 0.15) is 11.6 Å². The average Bonchev–Trinajstić information content (AvgIpc) is 2.12. The molecule has 0 aromatic rings. The zero-order valence-corrected chi connectivity index (χ0v) is 12.9. The minimum atomic E-state index is -1.04. The van der Waals surface area contributed by atoms with Crippen molar-refractivity contribution >= 4 is 28.0 Å². The molecule has 0 fully saturated rings. The van der Waals surface area contributed by atoms with E-state index in [4.69, 9.17) is 9.84 Å². The smallest absolute Gasteiger partial charge is 0.408 e. The quantitative estimate of drug-likeness (QED) is 0.737. The highest BCUT2D eigenvalue weighted by molar-refractivity contribution is 9.09. The largest absolute Gasteiger partial charge is 0.480 e. The molecule has 0 aromatic heterocycles. The van der Waals surface area contributed by atoms with E-state index < -0.39 is 23.7 Å². The molecule has 0 spiro atoms. The van der Waals surface area contributed by atoms with E-state index in [2.05, 4.69) is 21.2 Å². The second-order valence-electron chi connectivity index (χ2n) is 5.25. The maximum absolute atomic E-state index is 11.5. The molecule has 5 nitrogen and oxygen atoms in total. The van der Waals surface area contributed by atoms with Gasteiger partial charge in [0.15, 0.2) is 0 Å². The van der Waals surface area contributed by atoms with Crippen LogP contribution in [0.3, 0.4) is 0 Å². The Morgan fingerprint density at radius 1 is 1.33 bits per heavy atom. The van der Waals surface area contributed by atoms with E-state index in [1.165, 1.54) is 0 Å². The fourth-order valence-electron chi connectivity index (χ4n) is 1.31. The second-order valence-corrected chi connectivity index (χ2v) is 6.81. The number of alkyl carbamates (subject to hydrolysis) is 1. The lowest BCUT2D eigenvalue weighted by Crippen LogP contribution is -2.43. The van der Waals surface area contributed by atoms with Crippen LogP contribution in [0.4, 0.5) is 4.79 Å². The average molecular weight is 324 g/mol. The van der Waals surface area contributed by atoms with Gasteiger partial charge in [-0.05, 0) is 40.0 Å². The molecule has 0 saturated heterocycles. The molecular weight excluding hydrogens is 302 g/mol. The first-order valence-electron chi connectivity index (χ1n) is 5.98. The molecule has 0 aliphatic rings. The van der Waals surface area contributed by atoms with E-state index >= 15 is 0 Å². The van der Waals surface area contributed by atoms with E-state index in [1.807, 2.05) is 6.92 Å². The van der Waals surface area contributed by atoms with Crippen LogP contribution in [0.2, 0.25) is 0 Å². The third kappa shape index (κ3) is 9.27. The molecule has 0 aliphatic heterocycles. The highest BCUT2D eigenvalue weighted by Gasteiger charge is 2.23. The molecule has 106 valence electrons. The number of ether oxygens (including phenoxy) is 1. The molecule has 0 aliphatic carbocycles. The molecule has 0 bridgehead atoms. The number of alkyl halides is 1. The lowest BCUT2D eigenvalue weighted by Gasteiger charge is -2.22. The maximum Gasteiger partial charge on any atom is 0.408 e. The Hall–Kier alpha value is -0.780. The van der Waals surface area contributed by atoms with Gasteiger partial charge in [0.2, 0.25) is 0 Å². The molecule has 0 aromatic carbocycles. The summed E-state index contributed by atoms with van der Waals surface area (Å²) in [5.74, 6) is -1.04. The molecule has 2 atom stereocenters. The van der Waals surface area contributed by atoms with Crippen molar-refractivity contribution in [3.05, 3.63) is 0 Å². The highest BCUT2D eigenvalue weighted by atomic mass is 79.9. The van der Waals surface area contributed by atoms with Crippen molar-refractivity contribution in [3.63, 3.8) is 0 Å². The molecule has 0 radical (unpaired) electrons. The van der Waals surface area contributed by atoms with E-state index in [0.717, 1.165) is 12.8 Å². The number of amides is 1. The van der Waals surface area contributed by atoms with Crippen LogP contribution in [0.25, 0.3) is 0 Å². The number of hydrogen-bond acceptors (Lipinski definition) is 3. The summed E-state index contributed by atoms with van der Waals surface area (Å²) in [6, 6.07) is -0.897. The molecule has 0 heterocycles. The minimum Gasteiger partial charge on any atom is -0.480 e. The Labute approximate surface area is 116 Å². The van der Waals surface area contributed by atoms with Crippen LogP contribution in [-0.4, -0.2) is 33.6 Å². The topological polar surface area (TPSA) is 75.6 Å². The third-order valence-electron chi connectivity index (χ3n) is 2.08. The Bertz CT molecular complexity index is 286. The van der Waals surface area contributed by atoms with E-state index in [-0.39, 0.29) is 0 Å². The Morgan fingerprint density at radius 2 is 1.89 bits per heavy atom. The van der Waals surface area contributed by atoms with Gasteiger partial charge in [-0.1, -0.05) is 22.9 Å². The van der Waals surface area contributed by atoms with Gasteiger partial charge in [0, 0.05) is 4.83 Å². The normalized spacial score (nSPS) is 14.7. The second kappa shape index (κ2) is 7.61. The number of rotatable bonds is 6. The number of aliphatic carboxylic acids is 1. The summed E-state index contributed by atoms with van der Waals surface area (Å²) in [4.78, 5) is 22.8. The summed E-state index contributed by atoms with van der Waals surface area (Å²) in [6.45, 7) is 7.19.